The first-order valence-corrected chi connectivity index (χ1v) is 4.40. The maximum atomic E-state index is 13.4. The summed E-state index contributed by atoms with van der Waals surface area (Å²) >= 11 is 0. The first-order chi connectivity index (χ1) is 7.16. The molecule has 1 heterocycles. The van der Waals surface area contributed by atoms with E-state index in [-0.39, 0.29) is 17.6 Å². The second kappa shape index (κ2) is 3.61. The van der Waals surface area contributed by atoms with E-state index < -0.39 is 0 Å². The molecule has 0 atom stereocenters. The first kappa shape index (κ1) is 9.51. The molecule has 2 rings (SSSR count). The van der Waals surface area contributed by atoms with Gasteiger partial charge in [0.2, 0.25) is 5.95 Å². The van der Waals surface area contributed by atoms with Crippen LogP contribution >= 0.6 is 0 Å². The number of benzene rings is 1. The second-order valence-electron chi connectivity index (χ2n) is 3.04. The Balaban J connectivity index is 2.59. The van der Waals surface area contributed by atoms with Crippen LogP contribution in [0.2, 0.25) is 0 Å². The lowest BCUT2D eigenvalue weighted by molar-refractivity contribution is 0.629. The summed E-state index contributed by atoms with van der Waals surface area (Å²) in [5.74, 6) is 0.460. The van der Waals surface area contributed by atoms with Gasteiger partial charge in [-0.3, -0.25) is 0 Å². The molecule has 5 heteroatoms. The van der Waals surface area contributed by atoms with Crippen molar-refractivity contribution >= 4 is 5.95 Å². The Morgan fingerprint density at radius 3 is 2.53 bits per heavy atom. The van der Waals surface area contributed by atoms with Crippen LogP contribution in [0.5, 0.6) is 0 Å². The van der Waals surface area contributed by atoms with Gasteiger partial charge in [-0.1, -0.05) is 12.1 Å². The second-order valence-corrected chi connectivity index (χ2v) is 3.04. The highest BCUT2D eigenvalue weighted by Gasteiger charge is 2.08. The Bertz CT molecular complexity index is 478. The highest BCUT2D eigenvalue weighted by Crippen LogP contribution is 2.18. The lowest BCUT2D eigenvalue weighted by Gasteiger charge is -2.02. The van der Waals surface area contributed by atoms with Gasteiger partial charge in [-0.15, -0.1) is 0 Å². The molecule has 0 saturated carbocycles. The average molecular weight is 204 g/mol. The van der Waals surface area contributed by atoms with Crippen LogP contribution in [-0.4, -0.2) is 15.0 Å². The summed E-state index contributed by atoms with van der Waals surface area (Å²) in [6, 6.07) is 6.28. The predicted octanol–water partition coefficient (Wildman–Crippen LogP) is 1.57. The summed E-state index contributed by atoms with van der Waals surface area (Å²) in [7, 11) is 0. The Morgan fingerprint density at radius 2 is 1.87 bits per heavy atom. The Hall–Kier alpha value is -2.04. The van der Waals surface area contributed by atoms with E-state index in [9.17, 15) is 4.39 Å². The third-order valence-electron chi connectivity index (χ3n) is 1.88. The minimum absolute atomic E-state index is 0.0979. The van der Waals surface area contributed by atoms with E-state index >= 15 is 0 Å². The van der Waals surface area contributed by atoms with Crippen LogP contribution in [-0.2, 0) is 0 Å². The van der Waals surface area contributed by atoms with Crippen molar-refractivity contribution in [2.45, 2.75) is 6.92 Å². The number of aromatic nitrogens is 3. The molecule has 76 valence electrons. The smallest absolute Gasteiger partial charge is 0.223 e. The molecule has 0 aliphatic rings. The molecule has 2 aromatic rings. The molecular weight excluding hydrogens is 195 g/mol. The number of halogens is 1. The van der Waals surface area contributed by atoms with Gasteiger partial charge < -0.3 is 5.73 Å². The number of hydrogen-bond acceptors (Lipinski definition) is 4. The largest absolute Gasteiger partial charge is 0.368 e. The topological polar surface area (TPSA) is 64.7 Å². The van der Waals surface area contributed by atoms with Gasteiger partial charge in [-0.25, -0.2) is 9.37 Å². The summed E-state index contributed by atoms with van der Waals surface area (Å²) < 4.78 is 13.4. The molecule has 0 radical (unpaired) electrons. The van der Waals surface area contributed by atoms with Crippen LogP contribution in [0.3, 0.4) is 0 Å². The van der Waals surface area contributed by atoms with E-state index in [4.69, 9.17) is 5.73 Å². The fraction of sp³-hybridized carbons (Fsp3) is 0.100. The van der Waals surface area contributed by atoms with Gasteiger partial charge in [0.1, 0.15) is 11.6 Å². The fourth-order valence-electron chi connectivity index (χ4n) is 1.27. The Kier molecular flexibility index (Phi) is 2.29. The minimum atomic E-state index is -0.373. The maximum absolute atomic E-state index is 13.4. The lowest BCUT2D eigenvalue weighted by Crippen LogP contribution is -2.02. The molecule has 1 aromatic heterocycles. The zero-order valence-corrected chi connectivity index (χ0v) is 8.11. The molecule has 0 amide bonds. The van der Waals surface area contributed by atoms with Gasteiger partial charge in [0.15, 0.2) is 5.82 Å². The summed E-state index contributed by atoms with van der Waals surface area (Å²) in [6.45, 7) is 1.68. The third kappa shape index (κ3) is 1.90. The molecule has 0 saturated heterocycles. The molecule has 0 spiro atoms. The van der Waals surface area contributed by atoms with Crippen molar-refractivity contribution in [3.63, 3.8) is 0 Å². The van der Waals surface area contributed by atoms with E-state index in [0.29, 0.717) is 11.4 Å². The Labute approximate surface area is 86.0 Å². The molecule has 1 aromatic carbocycles. The van der Waals surface area contributed by atoms with Gasteiger partial charge in [-0.05, 0) is 19.1 Å². The van der Waals surface area contributed by atoms with Crippen molar-refractivity contribution in [2.24, 2.45) is 0 Å². The molecule has 0 aliphatic carbocycles. The SMILES string of the molecule is Cc1nc(N)nc(-c2ccccc2F)n1. The number of rotatable bonds is 1. The van der Waals surface area contributed by atoms with E-state index in [1.807, 2.05) is 0 Å². The van der Waals surface area contributed by atoms with Gasteiger partial charge in [0.05, 0.1) is 5.56 Å². The molecule has 0 bridgehead atoms. The van der Waals surface area contributed by atoms with E-state index in [0.717, 1.165) is 0 Å². The Morgan fingerprint density at radius 1 is 1.13 bits per heavy atom. The van der Waals surface area contributed by atoms with Crippen LogP contribution in [0.1, 0.15) is 5.82 Å². The maximum Gasteiger partial charge on any atom is 0.223 e. The number of aryl methyl sites for hydroxylation is 1. The van der Waals surface area contributed by atoms with Gasteiger partial charge in [0.25, 0.3) is 0 Å². The van der Waals surface area contributed by atoms with Gasteiger partial charge >= 0.3 is 0 Å². The minimum Gasteiger partial charge on any atom is -0.368 e. The van der Waals surface area contributed by atoms with Gasteiger partial charge in [-0.2, -0.15) is 9.97 Å². The normalized spacial score (nSPS) is 10.3. The van der Waals surface area contributed by atoms with E-state index in [1.54, 1.807) is 25.1 Å². The summed E-state index contributed by atoms with van der Waals surface area (Å²) in [5, 5.41) is 0. The molecular formula is C10H9FN4. The summed E-state index contributed by atoms with van der Waals surface area (Å²) in [4.78, 5) is 11.7. The number of nitrogens with two attached hydrogens (primary N) is 1. The lowest BCUT2D eigenvalue weighted by atomic mass is 10.2. The molecule has 4 nitrogen and oxygen atoms in total. The molecule has 0 fully saturated rings. The first-order valence-electron chi connectivity index (χ1n) is 4.40. The van der Waals surface area contributed by atoms with Crippen molar-refractivity contribution < 1.29 is 4.39 Å². The third-order valence-corrected chi connectivity index (χ3v) is 1.88. The number of nitrogen functional groups attached to an aromatic ring is 1. The molecule has 15 heavy (non-hydrogen) atoms. The standard InChI is InChI=1S/C10H9FN4/c1-6-13-9(15-10(12)14-6)7-4-2-3-5-8(7)11/h2-5H,1H3,(H2,12,13,14,15). The van der Waals surface area contributed by atoms with Crippen molar-refractivity contribution in [3.05, 3.63) is 35.9 Å². The van der Waals surface area contributed by atoms with Crippen LogP contribution in [0, 0.1) is 12.7 Å². The van der Waals surface area contributed by atoms with E-state index in [1.165, 1.54) is 6.07 Å². The fourth-order valence-corrected chi connectivity index (χ4v) is 1.27. The number of hydrogen-bond donors (Lipinski definition) is 1. The van der Waals surface area contributed by atoms with Crippen molar-refractivity contribution in [1.29, 1.82) is 0 Å². The van der Waals surface area contributed by atoms with Crippen molar-refractivity contribution in [2.75, 3.05) is 5.73 Å². The van der Waals surface area contributed by atoms with Crippen LogP contribution in [0.4, 0.5) is 10.3 Å². The van der Waals surface area contributed by atoms with Crippen LogP contribution in [0.25, 0.3) is 11.4 Å². The number of anilines is 1. The summed E-state index contributed by atoms with van der Waals surface area (Å²) in [5.41, 5.74) is 5.79. The van der Waals surface area contributed by atoms with Crippen molar-refractivity contribution in [3.8, 4) is 11.4 Å². The number of nitrogens with zero attached hydrogens (tertiary/aromatic N) is 3. The summed E-state index contributed by atoms with van der Waals surface area (Å²) in [6.07, 6.45) is 0. The molecule has 0 aliphatic heterocycles. The monoisotopic (exact) mass is 204 g/mol. The zero-order valence-electron chi connectivity index (χ0n) is 8.11. The van der Waals surface area contributed by atoms with Crippen LogP contribution < -0.4 is 5.73 Å². The molecule has 0 unspecified atom stereocenters. The highest BCUT2D eigenvalue weighted by molar-refractivity contribution is 5.56. The molecule has 2 N–H and O–H groups in total. The zero-order chi connectivity index (χ0) is 10.8. The van der Waals surface area contributed by atoms with Crippen molar-refractivity contribution in [1.82, 2.24) is 15.0 Å². The predicted molar refractivity (Wildman–Crippen MR) is 54.4 cm³/mol. The average Bonchev–Trinajstić information content (AvgIpc) is 2.16. The quantitative estimate of drug-likeness (QED) is 0.765. The van der Waals surface area contributed by atoms with Gasteiger partial charge in [0, 0.05) is 0 Å². The van der Waals surface area contributed by atoms with Crippen LogP contribution in [0.15, 0.2) is 24.3 Å². The van der Waals surface area contributed by atoms with E-state index in [2.05, 4.69) is 15.0 Å². The highest BCUT2D eigenvalue weighted by atomic mass is 19.1.